The highest BCUT2D eigenvalue weighted by molar-refractivity contribution is 7.89. The Bertz CT molecular complexity index is 1010. The summed E-state index contributed by atoms with van der Waals surface area (Å²) in [4.78, 5) is 12.3. The molecule has 1 aliphatic heterocycles. The maximum atomic E-state index is 13.9. The van der Waals surface area contributed by atoms with E-state index in [2.05, 4.69) is 0 Å². The zero-order chi connectivity index (χ0) is 21.2. The van der Waals surface area contributed by atoms with E-state index in [0.29, 0.717) is 11.3 Å². The Kier molecular flexibility index (Phi) is 6.09. The first kappa shape index (κ1) is 21.1. The van der Waals surface area contributed by atoms with E-state index in [1.54, 1.807) is 19.1 Å². The second-order valence-corrected chi connectivity index (χ2v) is 8.51. The van der Waals surface area contributed by atoms with Crippen molar-refractivity contribution in [1.82, 2.24) is 4.31 Å². The molecule has 0 radical (unpaired) electrons. The first-order valence-corrected chi connectivity index (χ1v) is 10.4. The van der Waals surface area contributed by atoms with Gasteiger partial charge in [-0.25, -0.2) is 12.8 Å². The smallest absolute Gasteiger partial charge is 0.324 e. The number of esters is 1. The number of hydrogen-bond donors (Lipinski definition) is 0. The van der Waals surface area contributed by atoms with Crippen LogP contribution in [0.25, 0.3) is 0 Å². The molecule has 0 N–H and O–H groups in total. The fourth-order valence-corrected chi connectivity index (χ4v) is 5.18. The summed E-state index contributed by atoms with van der Waals surface area (Å²) in [7, 11) is -1.35. The number of aryl methyl sites for hydroxylation is 1. The van der Waals surface area contributed by atoms with Crippen LogP contribution in [0, 0.1) is 12.7 Å². The van der Waals surface area contributed by atoms with Gasteiger partial charge in [-0.2, -0.15) is 4.31 Å². The number of methoxy groups -OCH3 is 2. The second kappa shape index (κ2) is 8.38. The SMILES string of the molecule is COC(=O)C1CC(Oc2ccccc2F)CN1S(=O)(=O)c1ccc(OC)cc1C. The molecule has 156 valence electrons. The molecule has 2 aromatic rings. The van der Waals surface area contributed by atoms with Gasteiger partial charge in [0.15, 0.2) is 11.6 Å². The van der Waals surface area contributed by atoms with Gasteiger partial charge in [-0.15, -0.1) is 0 Å². The van der Waals surface area contributed by atoms with Gasteiger partial charge in [0.05, 0.1) is 25.7 Å². The van der Waals surface area contributed by atoms with Crippen LogP contribution < -0.4 is 9.47 Å². The molecule has 7 nitrogen and oxygen atoms in total. The van der Waals surface area contributed by atoms with Gasteiger partial charge in [0, 0.05) is 6.42 Å². The number of ether oxygens (including phenoxy) is 3. The van der Waals surface area contributed by atoms with Gasteiger partial charge in [0.25, 0.3) is 0 Å². The van der Waals surface area contributed by atoms with E-state index in [1.165, 1.54) is 44.6 Å². The summed E-state index contributed by atoms with van der Waals surface area (Å²) in [5, 5.41) is 0. The molecule has 3 rings (SSSR count). The lowest BCUT2D eigenvalue weighted by atomic mass is 10.2. The van der Waals surface area contributed by atoms with E-state index < -0.39 is 34.0 Å². The first-order valence-electron chi connectivity index (χ1n) is 8.93. The van der Waals surface area contributed by atoms with E-state index in [-0.39, 0.29) is 23.6 Å². The van der Waals surface area contributed by atoms with Gasteiger partial charge in [-0.05, 0) is 42.8 Å². The Labute approximate surface area is 169 Å². The van der Waals surface area contributed by atoms with Crippen LogP contribution in [0.3, 0.4) is 0 Å². The predicted molar refractivity (Wildman–Crippen MR) is 103 cm³/mol. The van der Waals surface area contributed by atoms with E-state index in [9.17, 15) is 17.6 Å². The molecule has 29 heavy (non-hydrogen) atoms. The monoisotopic (exact) mass is 423 g/mol. The van der Waals surface area contributed by atoms with Crippen molar-refractivity contribution in [3.63, 3.8) is 0 Å². The molecule has 1 fully saturated rings. The largest absolute Gasteiger partial charge is 0.497 e. The van der Waals surface area contributed by atoms with Gasteiger partial charge in [-0.3, -0.25) is 4.79 Å². The van der Waals surface area contributed by atoms with Crippen LogP contribution in [-0.4, -0.2) is 51.6 Å². The van der Waals surface area contributed by atoms with E-state index in [1.807, 2.05) is 0 Å². The average Bonchev–Trinajstić information content (AvgIpc) is 3.13. The number of halogens is 1. The second-order valence-electron chi connectivity index (χ2n) is 6.65. The summed E-state index contributed by atoms with van der Waals surface area (Å²) in [6.07, 6.45) is -0.653. The third-order valence-electron chi connectivity index (χ3n) is 4.79. The zero-order valence-electron chi connectivity index (χ0n) is 16.3. The predicted octanol–water partition coefficient (Wildman–Crippen LogP) is 2.53. The lowest BCUT2D eigenvalue weighted by Crippen LogP contribution is -2.41. The Hall–Kier alpha value is -2.65. The maximum Gasteiger partial charge on any atom is 0.324 e. The van der Waals surface area contributed by atoms with Crippen molar-refractivity contribution in [1.29, 1.82) is 0 Å². The standard InChI is InChI=1S/C20H22FNO6S/c1-13-10-14(26-2)8-9-19(13)29(24,25)22-12-15(11-17(22)20(23)27-3)28-18-7-5-4-6-16(18)21/h4-10,15,17H,11-12H2,1-3H3. The van der Waals surface area contributed by atoms with Crippen molar-refractivity contribution < 1.29 is 31.8 Å². The van der Waals surface area contributed by atoms with Crippen LogP contribution in [0.2, 0.25) is 0 Å². The Morgan fingerprint density at radius 3 is 2.52 bits per heavy atom. The highest BCUT2D eigenvalue weighted by Gasteiger charge is 2.46. The normalized spacial score (nSPS) is 19.7. The Balaban J connectivity index is 1.92. The van der Waals surface area contributed by atoms with Crippen molar-refractivity contribution in [2.45, 2.75) is 30.4 Å². The molecular weight excluding hydrogens is 401 g/mol. The van der Waals surface area contributed by atoms with Crippen molar-refractivity contribution in [2.24, 2.45) is 0 Å². The van der Waals surface area contributed by atoms with Gasteiger partial charge >= 0.3 is 5.97 Å². The molecule has 2 aromatic carbocycles. The third kappa shape index (κ3) is 4.20. The number of carbonyl (C=O) groups excluding carboxylic acids is 1. The van der Waals surface area contributed by atoms with Crippen molar-refractivity contribution in [3.05, 3.63) is 53.8 Å². The molecule has 0 aliphatic carbocycles. The zero-order valence-corrected chi connectivity index (χ0v) is 17.1. The van der Waals surface area contributed by atoms with Gasteiger partial charge in [-0.1, -0.05) is 12.1 Å². The van der Waals surface area contributed by atoms with Crippen LogP contribution in [0.4, 0.5) is 4.39 Å². The highest BCUT2D eigenvalue weighted by atomic mass is 32.2. The van der Waals surface area contributed by atoms with Gasteiger partial charge in [0.1, 0.15) is 17.9 Å². The molecule has 0 amide bonds. The van der Waals surface area contributed by atoms with Gasteiger partial charge < -0.3 is 14.2 Å². The molecule has 0 aromatic heterocycles. The van der Waals surface area contributed by atoms with Crippen LogP contribution in [0.5, 0.6) is 11.5 Å². The molecule has 2 atom stereocenters. The molecule has 1 aliphatic rings. The van der Waals surface area contributed by atoms with Crippen LogP contribution in [-0.2, 0) is 19.6 Å². The third-order valence-corrected chi connectivity index (χ3v) is 6.82. The van der Waals surface area contributed by atoms with E-state index >= 15 is 0 Å². The molecule has 1 saturated heterocycles. The fraction of sp³-hybridized carbons (Fsp3) is 0.350. The van der Waals surface area contributed by atoms with Crippen LogP contribution >= 0.6 is 0 Å². The topological polar surface area (TPSA) is 82.1 Å². The van der Waals surface area contributed by atoms with Crippen molar-refractivity contribution in [2.75, 3.05) is 20.8 Å². The number of carbonyl (C=O) groups is 1. The molecule has 0 spiro atoms. The number of sulfonamides is 1. The summed E-state index contributed by atoms with van der Waals surface area (Å²) < 4.78 is 57.1. The van der Waals surface area contributed by atoms with Crippen molar-refractivity contribution in [3.8, 4) is 11.5 Å². The first-order chi connectivity index (χ1) is 13.8. The Morgan fingerprint density at radius 1 is 1.17 bits per heavy atom. The minimum atomic E-state index is -4.03. The quantitative estimate of drug-likeness (QED) is 0.664. The Morgan fingerprint density at radius 2 is 1.90 bits per heavy atom. The number of hydrogen-bond acceptors (Lipinski definition) is 6. The van der Waals surface area contributed by atoms with Crippen LogP contribution in [0.1, 0.15) is 12.0 Å². The van der Waals surface area contributed by atoms with Crippen molar-refractivity contribution >= 4 is 16.0 Å². The number of para-hydroxylation sites is 1. The lowest BCUT2D eigenvalue weighted by Gasteiger charge is -2.23. The van der Waals surface area contributed by atoms with Crippen LogP contribution in [0.15, 0.2) is 47.4 Å². The fourth-order valence-electron chi connectivity index (χ4n) is 3.35. The number of nitrogens with zero attached hydrogens (tertiary/aromatic N) is 1. The van der Waals surface area contributed by atoms with Gasteiger partial charge in [0.2, 0.25) is 10.0 Å². The summed E-state index contributed by atoms with van der Waals surface area (Å²) >= 11 is 0. The molecule has 0 bridgehead atoms. The molecule has 2 unspecified atom stereocenters. The van der Waals surface area contributed by atoms with E-state index in [0.717, 1.165) is 4.31 Å². The summed E-state index contributed by atoms with van der Waals surface area (Å²) in [6, 6.07) is 9.34. The minimum absolute atomic E-state index is 0.000918. The maximum absolute atomic E-state index is 13.9. The average molecular weight is 423 g/mol. The lowest BCUT2D eigenvalue weighted by molar-refractivity contribution is -0.144. The summed E-state index contributed by atoms with van der Waals surface area (Å²) in [6.45, 7) is 1.54. The molecule has 9 heteroatoms. The molecular formula is C20H22FNO6S. The summed E-state index contributed by atoms with van der Waals surface area (Å²) in [5.41, 5.74) is 0.478. The highest BCUT2D eigenvalue weighted by Crippen LogP contribution is 2.32. The molecule has 1 heterocycles. The summed E-state index contributed by atoms with van der Waals surface area (Å²) in [5.74, 6) is -0.733. The number of benzene rings is 2. The molecule has 0 saturated carbocycles. The van der Waals surface area contributed by atoms with E-state index in [4.69, 9.17) is 14.2 Å². The number of rotatable bonds is 6. The minimum Gasteiger partial charge on any atom is -0.497 e.